The van der Waals surface area contributed by atoms with Crippen LogP contribution in [0.2, 0.25) is 0 Å². The lowest BCUT2D eigenvalue weighted by Gasteiger charge is -2.30. The Morgan fingerprint density at radius 1 is 0.719 bits per heavy atom. The topological polar surface area (TPSA) is 214 Å². The normalized spacial score (nSPS) is 13.8. The lowest BCUT2D eigenvalue weighted by atomic mass is 10.0. The van der Waals surface area contributed by atoms with Gasteiger partial charge in [-0.1, -0.05) is 79.0 Å². The minimum absolute atomic E-state index is 0.124. The van der Waals surface area contributed by atoms with E-state index in [9.17, 15) is 19.2 Å². The molecule has 0 spiro atoms. The number of nitrogens with one attached hydrogen (secondary N) is 4. The van der Waals surface area contributed by atoms with Crippen LogP contribution in [0.25, 0.3) is 0 Å². The van der Waals surface area contributed by atoms with Crippen LogP contribution < -0.4 is 21.3 Å². The molecule has 64 heavy (non-hydrogen) atoms. The van der Waals surface area contributed by atoms with Crippen molar-refractivity contribution in [3.05, 3.63) is 130 Å². The van der Waals surface area contributed by atoms with Crippen molar-refractivity contribution in [3.63, 3.8) is 0 Å². The summed E-state index contributed by atoms with van der Waals surface area (Å²) in [5.74, 6) is 0.945. The van der Waals surface area contributed by atoms with E-state index in [0.717, 1.165) is 59.6 Å². The Kier molecular flexibility index (Phi) is 19.2. The molecule has 2 aliphatic heterocycles. The summed E-state index contributed by atoms with van der Waals surface area (Å²) in [7, 11) is 3.69. The first-order valence-electron chi connectivity index (χ1n) is 20.6. The summed E-state index contributed by atoms with van der Waals surface area (Å²) < 4.78 is 10.3. The van der Waals surface area contributed by atoms with Gasteiger partial charge in [-0.3, -0.25) is 20.2 Å². The van der Waals surface area contributed by atoms with E-state index in [0.29, 0.717) is 53.6 Å². The van der Waals surface area contributed by atoms with Gasteiger partial charge in [0.15, 0.2) is 0 Å². The third kappa shape index (κ3) is 14.7. The Balaban J connectivity index is 0.000000241. The summed E-state index contributed by atoms with van der Waals surface area (Å²) in [6.07, 6.45) is 1.09. The second-order valence-corrected chi connectivity index (χ2v) is 16.0. The van der Waals surface area contributed by atoms with Crippen LogP contribution in [0.15, 0.2) is 107 Å². The van der Waals surface area contributed by atoms with Gasteiger partial charge in [0.2, 0.25) is 0 Å². The van der Waals surface area contributed by atoms with Crippen LogP contribution >= 0.6 is 23.5 Å². The van der Waals surface area contributed by atoms with E-state index in [4.69, 9.17) is 20.0 Å². The van der Waals surface area contributed by atoms with Crippen molar-refractivity contribution in [2.75, 3.05) is 62.5 Å². The zero-order valence-electron chi connectivity index (χ0n) is 35.8. The second-order valence-electron chi connectivity index (χ2n) is 14.2. The fourth-order valence-electron chi connectivity index (χ4n) is 6.30. The Morgan fingerprint density at radius 3 is 1.77 bits per heavy atom. The predicted molar refractivity (Wildman–Crippen MR) is 251 cm³/mol. The zero-order chi connectivity index (χ0) is 45.7. The molecule has 332 valence electrons. The summed E-state index contributed by atoms with van der Waals surface area (Å²) >= 11 is 2.38. The molecule has 2 aliphatic rings. The summed E-state index contributed by atoms with van der Waals surface area (Å²) in [6.45, 7) is 4.47. The number of hydrogen-bond acceptors (Lipinski definition) is 14. The number of benzene rings is 4. The number of thioether (sulfide) groups is 2. The number of nitrogens with zero attached hydrogens (tertiary/aromatic N) is 6. The van der Waals surface area contributed by atoms with Crippen molar-refractivity contribution in [2.45, 2.75) is 38.8 Å². The van der Waals surface area contributed by atoms with Crippen molar-refractivity contribution in [2.24, 2.45) is 10.2 Å². The van der Waals surface area contributed by atoms with E-state index in [1.165, 1.54) is 33.5 Å². The molecule has 0 saturated carbocycles. The highest BCUT2D eigenvalue weighted by Crippen LogP contribution is 2.33. The van der Waals surface area contributed by atoms with Gasteiger partial charge in [-0.05, 0) is 117 Å². The Bertz CT molecular complexity index is 2380. The van der Waals surface area contributed by atoms with Crippen molar-refractivity contribution >= 4 is 69.0 Å². The molecule has 0 saturated heterocycles. The predicted octanol–water partition coefficient (Wildman–Crippen LogP) is 8.53. The molecular formula is C46H50N10O6S2. The smallest absolute Gasteiger partial charge is 0.411 e. The Hall–Kier alpha value is -6.70. The average molecular weight is 903 g/mol. The third-order valence-corrected chi connectivity index (χ3v) is 11.3. The molecule has 1 atom stereocenters. The lowest BCUT2D eigenvalue weighted by Crippen LogP contribution is -2.33. The number of hydrogen-bond donors (Lipinski definition) is 4. The molecule has 0 bridgehead atoms. The minimum atomic E-state index is -0.515. The van der Waals surface area contributed by atoms with Crippen LogP contribution in [0.3, 0.4) is 0 Å². The number of anilines is 2. The standard InChI is InChI=1S/C24H27N5O3S.C22H23N5O3S/c1-3-22(19-6-4-7-20(14-19)27-23(30)32-13-5-12-26-2)29-24(31)33-16-21(28-29)18-10-8-17(15-25)9-11-18;1-24-10-3-11-30-21(28)25-19-5-2-4-17(12-19)14-27-22(29)31-15-20(26-27)18-8-6-16(13-23)7-9-18/h4,6-11,14,22,26H,3,5,12-13,16H2,1-2H3,(H,27,30);2,4-9,12,24H,3,10-11,14-15H2,1H3,(H,25,28). The SMILES string of the molecule is CCC(c1cccc(NC(=O)OCCCNC)c1)N1N=C(c2ccc(C#N)cc2)CSC1=O.CNCCCOC(=O)Nc1cccc(CN2N=C(c3ccc(C#N)cc3)CSC2=O)c1. The number of carbonyl (C=O) groups excluding carboxylic acids is 4. The number of carbonyl (C=O) groups is 4. The van der Waals surface area contributed by atoms with Gasteiger partial charge in [0.25, 0.3) is 0 Å². The fourth-order valence-corrected chi connectivity index (χ4v) is 7.82. The molecule has 4 aromatic rings. The van der Waals surface area contributed by atoms with Gasteiger partial charge in [0.1, 0.15) is 0 Å². The van der Waals surface area contributed by atoms with Gasteiger partial charge in [-0.2, -0.15) is 20.7 Å². The maximum atomic E-state index is 12.7. The molecule has 4 aromatic carbocycles. The van der Waals surface area contributed by atoms with Crippen LogP contribution in [0.1, 0.15) is 65.6 Å². The number of amides is 4. The maximum absolute atomic E-state index is 12.7. The molecule has 18 heteroatoms. The highest BCUT2D eigenvalue weighted by Gasteiger charge is 2.29. The van der Waals surface area contributed by atoms with Crippen LogP contribution in [-0.2, 0) is 16.0 Å². The van der Waals surface area contributed by atoms with Gasteiger partial charge in [0.05, 0.1) is 60.5 Å². The van der Waals surface area contributed by atoms with Gasteiger partial charge >= 0.3 is 22.7 Å². The molecule has 1 unspecified atom stereocenters. The molecule has 6 rings (SSSR count). The first kappa shape index (κ1) is 48.3. The van der Waals surface area contributed by atoms with Crippen LogP contribution in [0.4, 0.5) is 30.6 Å². The van der Waals surface area contributed by atoms with Gasteiger partial charge in [0, 0.05) is 22.9 Å². The quantitative estimate of drug-likeness (QED) is 0.0734. The highest BCUT2D eigenvalue weighted by atomic mass is 32.2. The van der Waals surface area contributed by atoms with Gasteiger partial charge in [-0.25, -0.2) is 19.6 Å². The zero-order valence-corrected chi connectivity index (χ0v) is 37.5. The van der Waals surface area contributed by atoms with Crippen LogP contribution in [0, 0.1) is 22.7 Å². The van der Waals surface area contributed by atoms with Gasteiger partial charge < -0.3 is 20.1 Å². The molecule has 16 nitrogen and oxygen atoms in total. The molecule has 0 fully saturated rings. The first-order chi connectivity index (χ1) is 31.1. The molecular weight excluding hydrogens is 853 g/mol. The van der Waals surface area contributed by atoms with E-state index in [2.05, 4.69) is 43.6 Å². The molecule has 4 N–H and O–H groups in total. The van der Waals surface area contributed by atoms with Crippen molar-refractivity contribution in [3.8, 4) is 12.1 Å². The summed E-state index contributed by atoms with van der Waals surface area (Å²) in [6, 6.07) is 32.8. The number of rotatable bonds is 17. The molecule has 2 heterocycles. The molecule has 0 radical (unpaired) electrons. The Labute approximate surface area is 381 Å². The van der Waals surface area contributed by atoms with E-state index >= 15 is 0 Å². The Morgan fingerprint density at radius 2 is 1.23 bits per heavy atom. The van der Waals surface area contributed by atoms with Crippen molar-refractivity contribution < 1.29 is 28.7 Å². The third-order valence-electron chi connectivity index (χ3n) is 9.54. The first-order valence-corrected chi connectivity index (χ1v) is 22.5. The summed E-state index contributed by atoms with van der Waals surface area (Å²) in [5.41, 5.74) is 7.33. The van der Waals surface area contributed by atoms with Crippen molar-refractivity contribution in [1.82, 2.24) is 20.7 Å². The minimum Gasteiger partial charge on any atom is -0.449 e. The lowest BCUT2D eigenvalue weighted by molar-refractivity contribution is 0.159. The van der Waals surface area contributed by atoms with E-state index in [-0.39, 0.29) is 23.1 Å². The van der Waals surface area contributed by atoms with Gasteiger partial charge in [-0.15, -0.1) is 0 Å². The average Bonchev–Trinajstić information content (AvgIpc) is 3.31. The fraction of sp³-hybridized carbons (Fsp3) is 0.304. The highest BCUT2D eigenvalue weighted by molar-refractivity contribution is 8.14. The second kappa shape index (κ2) is 25.4. The largest absolute Gasteiger partial charge is 0.449 e. The van der Waals surface area contributed by atoms with E-state index < -0.39 is 12.2 Å². The van der Waals surface area contributed by atoms with E-state index in [1.807, 2.05) is 69.6 Å². The summed E-state index contributed by atoms with van der Waals surface area (Å²) in [5, 5.41) is 41.2. The number of hydrazone groups is 2. The summed E-state index contributed by atoms with van der Waals surface area (Å²) in [4.78, 5) is 49.1. The molecule has 4 amide bonds. The molecule has 0 aliphatic carbocycles. The van der Waals surface area contributed by atoms with Crippen LogP contribution in [0.5, 0.6) is 0 Å². The van der Waals surface area contributed by atoms with E-state index in [1.54, 1.807) is 48.5 Å². The number of nitriles is 2. The molecule has 0 aromatic heterocycles. The maximum Gasteiger partial charge on any atom is 0.411 e. The monoisotopic (exact) mass is 902 g/mol. The van der Waals surface area contributed by atoms with Crippen LogP contribution in [-0.4, -0.2) is 96.0 Å². The van der Waals surface area contributed by atoms with Crippen molar-refractivity contribution in [1.29, 1.82) is 10.5 Å². The number of ether oxygens (including phenoxy) is 2.